The summed E-state index contributed by atoms with van der Waals surface area (Å²) in [6.45, 7) is 6.74. The molecule has 3 heterocycles. The van der Waals surface area contributed by atoms with E-state index in [1.54, 1.807) is 39.9 Å². The Kier molecular flexibility index (Phi) is 7.63. The summed E-state index contributed by atoms with van der Waals surface area (Å²) in [6, 6.07) is 10.5. The van der Waals surface area contributed by atoms with E-state index in [0.717, 1.165) is 25.9 Å². The summed E-state index contributed by atoms with van der Waals surface area (Å²) in [6.07, 6.45) is 1.94. The normalized spacial score (nSPS) is 21.8. The minimum atomic E-state index is -3.52. The molecule has 4 rings (SSSR count). The largest absolute Gasteiger partial charge is 0.379 e. The number of carbonyl (C=O) groups is 1. The average molecular weight is 478 g/mol. The third-order valence-corrected chi connectivity index (χ3v) is 9.04. The van der Waals surface area contributed by atoms with Gasteiger partial charge in [-0.25, -0.2) is 8.42 Å². The van der Waals surface area contributed by atoms with Crippen LogP contribution in [0.25, 0.3) is 0 Å². The summed E-state index contributed by atoms with van der Waals surface area (Å²) < 4.78 is 32.9. The molecule has 2 saturated heterocycles. The number of morpholine rings is 1. The number of hydrogen-bond donors (Lipinski definition) is 1. The quantitative estimate of drug-likeness (QED) is 0.663. The van der Waals surface area contributed by atoms with E-state index in [9.17, 15) is 13.2 Å². The van der Waals surface area contributed by atoms with Gasteiger partial charge in [0.25, 0.3) is 5.91 Å². The Bertz CT molecular complexity index is 987. The van der Waals surface area contributed by atoms with Crippen LogP contribution < -0.4 is 5.32 Å². The van der Waals surface area contributed by atoms with E-state index in [1.165, 1.54) is 4.88 Å². The summed E-state index contributed by atoms with van der Waals surface area (Å²) in [4.78, 5) is 16.6. The summed E-state index contributed by atoms with van der Waals surface area (Å²) >= 11 is 1.69. The topological polar surface area (TPSA) is 79.0 Å². The van der Waals surface area contributed by atoms with E-state index in [0.29, 0.717) is 44.3 Å². The zero-order valence-corrected chi connectivity index (χ0v) is 20.0. The maximum atomic E-state index is 12.9. The lowest BCUT2D eigenvalue weighted by Crippen LogP contribution is -2.43. The molecule has 0 bridgehead atoms. The second-order valence-electron chi connectivity index (χ2n) is 8.52. The lowest BCUT2D eigenvalue weighted by atomic mass is 10.0. The van der Waals surface area contributed by atoms with Gasteiger partial charge in [0.1, 0.15) is 0 Å². The third kappa shape index (κ3) is 5.40. The van der Waals surface area contributed by atoms with Crippen molar-refractivity contribution in [2.45, 2.75) is 30.7 Å². The van der Waals surface area contributed by atoms with Crippen LogP contribution in [0.1, 0.15) is 41.0 Å². The predicted molar refractivity (Wildman–Crippen MR) is 125 cm³/mol. The van der Waals surface area contributed by atoms with Crippen LogP contribution in [0.5, 0.6) is 0 Å². The van der Waals surface area contributed by atoms with Crippen LogP contribution in [0.4, 0.5) is 0 Å². The van der Waals surface area contributed by atoms with Gasteiger partial charge in [-0.1, -0.05) is 13.0 Å². The van der Waals surface area contributed by atoms with Crippen LogP contribution in [0.2, 0.25) is 0 Å². The van der Waals surface area contributed by atoms with E-state index in [2.05, 4.69) is 23.2 Å². The highest BCUT2D eigenvalue weighted by atomic mass is 32.2. The number of amides is 1. The van der Waals surface area contributed by atoms with Crippen molar-refractivity contribution in [1.82, 2.24) is 14.5 Å². The lowest BCUT2D eigenvalue weighted by Gasteiger charge is -2.34. The van der Waals surface area contributed by atoms with Gasteiger partial charge in [-0.15, -0.1) is 11.3 Å². The highest BCUT2D eigenvalue weighted by Crippen LogP contribution is 2.26. The molecular weight excluding hydrogens is 446 g/mol. The maximum absolute atomic E-state index is 12.9. The van der Waals surface area contributed by atoms with E-state index in [-0.39, 0.29) is 16.8 Å². The molecule has 32 heavy (non-hydrogen) atoms. The molecule has 1 aromatic carbocycles. The Morgan fingerprint density at radius 1 is 1.19 bits per heavy atom. The zero-order chi connectivity index (χ0) is 22.6. The molecule has 1 N–H and O–H groups in total. The molecule has 174 valence electrons. The molecule has 0 radical (unpaired) electrons. The summed E-state index contributed by atoms with van der Waals surface area (Å²) in [5.41, 5.74) is 0.461. The number of rotatable bonds is 7. The lowest BCUT2D eigenvalue weighted by molar-refractivity contribution is 0.0169. The van der Waals surface area contributed by atoms with Crippen molar-refractivity contribution in [1.29, 1.82) is 0 Å². The molecule has 2 aliphatic heterocycles. The fraction of sp³-hybridized carbons (Fsp3) is 0.522. The van der Waals surface area contributed by atoms with Crippen LogP contribution >= 0.6 is 11.3 Å². The molecule has 0 saturated carbocycles. The molecule has 9 heteroatoms. The Hall–Kier alpha value is -1.78. The van der Waals surface area contributed by atoms with Gasteiger partial charge in [0.2, 0.25) is 10.0 Å². The van der Waals surface area contributed by atoms with Crippen molar-refractivity contribution in [3.63, 3.8) is 0 Å². The van der Waals surface area contributed by atoms with Gasteiger partial charge in [-0.3, -0.25) is 9.69 Å². The van der Waals surface area contributed by atoms with E-state index in [1.807, 2.05) is 11.4 Å². The van der Waals surface area contributed by atoms with Crippen molar-refractivity contribution in [3.05, 3.63) is 52.2 Å². The van der Waals surface area contributed by atoms with Gasteiger partial charge < -0.3 is 10.1 Å². The fourth-order valence-electron chi connectivity index (χ4n) is 4.36. The molecule has 2 aromatic rings. The Balaban J connectivity index is 1.41. The van der Waals surface area contributed by atoms with Crippen LogP contribution in [-0.2, 0) is 14.8 Å². The second kappa shape index (κ2) is 10.4. The van der Waals surface area contributed by atoms with Crippen LogP contribution in [0.3, 0.4) is 0 Å². The van der Waals surface area contributed by atoms with Gasteiger partial charge >= 0.3 is 0 Å². The molecule has 7 nitrogen and oxygen atoms in total. The summed E-state index contributed by atoms with van der Waals surface area (Å²) in [5, 5.41) is 5.09. The van der Waals surface area contributed by atoms with Gasteiger partial charge in [-0.2, -0.15) is 4.31 Å². The van der Waals surface area contributed by atoms with Crippen LogP contribution in [0.15, 0.2) is 46.7 Å². The molecule has 0 aliphatic carbocycles. The SMILES string of the molecule is C[C@H]1CCCN(S(=O)(=O)c2ccc(C(=O)NC[C@@H](c3cccs3)N3CCOCC3)cc2)C1. The van der Waals surface area contributed by atoms with E-state index >= 15 is 0 Å². The molecule has 1 amide bonds. The zero-order valence-electron chi connectivity index (χ0n) is 18.4. The van der Waals surface area contributed by atoms with Crippen LogP contribution in [0, 0.1) is 5.92 Å². The minimum Gasteiger partial charge on any atom is -0.379 e. The molecule has 2 fully saturated rings. The van der Waals surface area contributed by atoms with Gasteiger partial charge in [0.05, 0.1) is 24.2 Å². The number of thiophene rings is 1. The van der Waals surface area contributed by atoms with Crippen molar-refractivity contribution in [2.24, 2.45) is 5.92 Å². The molecule has 2 aliphatic rings. The number of carbonyl (C=O) groups excluding carboxylic acids is 1. The van der Waals surface area contributed by atoms with Crippen LogP contribution in [-0.4, -0.2) is 69.5 Å². The van der Waals surface area contributed by atoms with E-state index in [4.69, 9.17) is 4.74 Å². The van der Waals surface area contributed by atoms with Crippen molar-refractivity contribution >= 4 is 27.3 Å². The first-order chi connectivity index (χ1) is 15.4. The first-order valence-electron chi connectivity index (χ1n) is 11.2. The second-order valence-corrected chi connectivity index (χ2v) is 11.4. The Morgan fingerprint density at radius 2 is 1.94 bits per heavy atom. The Labute approximate surface area is 194 Å². The Morgan fingerprint density at radius 3 is 2.59 bits per heavy atom. The minimum absolute atomic E-state index is 0.101. The van der Waals surface area contributed by atoms with Gasteiger partial charge in [0, 0.05) is 43.2 Å². The average Bonchev–Trinajstić information content (AvgIpc) is 3.34. The standard InChI is InChI=1S/C23H31N3O4S2/c1-18-4-2-10-26(17-18)32(28,29)20-8-6-19(7-9-20)23(27)24-16-21(22-5-3-15-31-22)25-11-13-30-14-12-25/h3,5-9,15,18,21H,2,4,10-14,16-17H2,1H3,(H,24,27)/t18-,21-/m0/s1. The third-order valence-electron chi connectivity index (χ3n) is 6.19. The maximum Gasteiger partial charge on any atom is 0.251 e. The number of benzene rings is 1. The molecule has 0 spiro atoms. The molecule has 0 unspecified atom stereocenters. The first-order valence-corrected chi connectivity index (χ1v) is 13.5. The summed E-state index contributed by atoms with van der Waals surface area (Å²) in [7, 11) is -3.52. The van der Waals surface area contributed by atoms with Crippen molar-refractivity contribution in [2.75, 3.05) is 45.9 Å². The van der Waals surface area contributed by atoms with Gasteiger partial charge in [0.15, 0.2) is 0 Å². The number of nitrogens with zero attached hydrogens (tertiary/aromatic N) is 2. The van der Waals surface area contributed by atoms with Crippen molar-refractivity contribution in [3.8, 4) is 0 Å². The highest BCUT2D eigenvalue weighted by Gasteiger charge is 2.29. The number of hydrogen-bond acceptors (Lipinski definition) is 6. The molecular formula is C23H31N3O4S2. The first kappa shape index (κ1) is 23.4. The number of nitrogens with one attached hydrogen (secondary N) is 1. The molecule has 2 atom stereocenters. The number of ether oxygens (including phenoxy) is 1. The highest BCUT2D eigenvalue weighted by molar-refractivity contribution is 7.89. The fourth-order valence-corrected chi connectivity index (χ4v) is 6.82. The smallest absolute Gasteiger partial charge is 0.251 e. The predicted octanol–water partition coefficient (Wildman–Crippen LogP) is 2.97. The number of piperidine rings is 1. The van der Waals surface area contributed by atoms with Gasteiger partial charge in [-0.05, 0) is 54.5 Å². The molecule has 1 aromatic heterocycles. The number of sulfonamides is 1. The van der Waals surface area contributed by atoms with E-state index < -0.39 is 10.0 Å². The summed E-state index contributed by atoms with van der Waals surface area (Å²) in [5.74, 6) is 0.168. The van der Waals surface area contributed by atoms with Crippen molar-refractivity contribution < 1.29 is 17.9 Å². The monoisotopic (exact) mass is 477 g/mol.